The molecule has 0 spiro atoms. The molecule has 1 amide bonds. The van der Waals surface area contributed by atoms with Crippen molar-refractivity contribution in [2.45, 2.75) is 26.0 Å². The van der Waals surface area contributed by atoms with E-state index >= 15 is 0 Å². The lowest BCUT2D eigenvalue weighted by Crippen LogP contribution is -2.52. The van der Waals surface area contributed by atoms with Gasteiger partial charge in [-0.1, -0.05) is 13.8 Å². The van der Waals surface area contributed by atoms with Crippen molar-refractivity contribution in [3.05, 3.63) is 30.1 Å². The number of carboxylic acid groups (broad SMARTS) is 1. The topological polar surface area (TPSA) is 79.7 Å². The van der Waals surface area contributed by atoms with E-state index in [9.17, 15) is 14.7 Å². The van der Waals surface area contributed by atoms with Crippen molar-refractivity contribution >= 4 is 11.9 Å². The SMILES string of the molecule is CC(C)CN1C(=O)COC(C(=O)O)C1c1ccncc1. The maximum absolute atomic E-state index is 12.1. The van der Waals surface area contributed by atoms with Crippen molar-refractivity contribution in [3.63, 3.8) is 0 Å². The van der Waals surface area contributed by atoms with Crippen LogP contribution in [-0.4, -0.2) is 46.1 Å². The zero-order valence-corrected chi connectivity index (χ0v) is 11.5. The summed E-state index contributed by atoms with van der Waals surface area (Å²) in [6.07, 6.45) is 2.12. The van der Waals surface area contributed by atoms with Crippen LogP contribution in [0.25, 0.3) is 0 Å². The molecule has 2 heterocycles. The first-order valence-corrected chi connectivity index (χ1v) is 6.54. The molecule has 6 heteroatoms. The molecular formula is C14H18N2O4. The largest absolute Gasteiger partial charge is 0.479 e. The molecule has 6 nitrogen and oxygen atoms in total. The number of amides is 1. The van der Waals surface area contributed by atoms with Crippen LogP contribution in [0.5, 0.6) is 0 Å². The number of morpholine rings is 1. The van der Waals surface area contributed by atoms with Crippen LogP contribution in [0.2, 0.25) is 0 Å². The van der Waals surface area contributed by atoms with Crippen LogP contribution in [-0.2, 0) is 14.3 Å². The van der Waals surface area contributed by atoms with Crippen molar-refractivity contribution in [3.8, 4) is 0 Å². The molecule has 2 rings (SSSR count). The number of ether oxygens (including phenoxy) is 1. The lowest BCUT2D eigenvalue weighted by molar-refractivity contribution is -0.173. The van der Waals surface area contributed by atoms with Gasteiger partial charge in [0.1, 0.15) is 6.61 Å². The minimum Gasteiger partial charge on any atom is -0.479 e. The Bertz CT molecular complexity index is 489. The molecule has 1 fully saturated rings. The van der Waals surface area contributed by atoms with E-state index in [-0.39, 0.29) is 18.4 Å². The van der Waals surface area contributed by atoms with Gasteiger partial charge in [-0.05, 0) is 23.6 Å². The number of aromatic nitrogens is 1. The average Bonchev–Trinajstić information content (AvgIpc) is 2.41. The molecule has 0 radical (unpaired) electrons. The van der Waals surface area contributed by atoms with E-state index in [1.165, 1.54) is 0 Å². The first-order chi connectivity index (χ1) is 9.50. The maximum atomic E-state index is 12.1. The van der Waals surface area contributed by atoms with Crippen LogP contribution in [0.1, 0.15) is 25.5 Å². The van der Waals surface area contributed by atoms with Gasteiger partial charge in [0.05, 0.1) is 6.04 Å². The number of carbonyl (C=O) groups is 2. The minimum atomic E-state index is -1.06. The molecular weight excluding hydrogens is 260 g/mol. The standard InChI is InChI=1S/C14H18N2O4/c1-9(2)7-16-11(17)8-20-13(14(18)19)12(16)10-3-5-15-6-4-10/h3-6,9,12-13H,7-8H2,1-2H3,(H,18,19). The number of carbonyl (C=O) groups excluding carboxylic acids is 1. The summed E-state index contributed by atoms with van der Waals surface area (Å²) < 4.78 is 5.22. The van der Waals surface area contributed by atoms with E-state index in [1.54, 1.807) is 29.4 Å². The molecule has 0 aromatic carbocycles. The molecule has 2 unspecified atom stereocenters. The second-order valence-corrected chi connectivity index (χ2v) is 5.24. The molecule has 108 valence electrons. The summed E-state index contributed by atoms with van der Waals surface area (Å²) in [6.45, 7) is 4.29. The van der Waals surface area contributed by atoms with Gasteiger partial charge >= 0.3 is 5.97 Å². The molecule has 0 bridgehead atoms. The zero-order valence-electron chi connectivity index (χ0n) is 11.5. The predicted molar refractivity (Wildman–Crippen MR) is 70.9 cm³/mol. The summed E-state index contributed by atoms with van der Waals surface area (Å²) in [5, 5.41) is 9.33. The lowest BCUT2D eigenvalue weighted by atomic mass is 9.97. The second-order valence-electron chi connectivity index (χ2n) is 5.24. The Kier molecular flexibility index (Phi) is 4.34. The Morgan fingerprint density at radius 1 is 1.50 bits per heavy atom. The Morgan fingerprint density at radius 3 is 2.70 bits per heavy atom. The van der Waals surface area contributed by atoms with Gasteiger partial charge in [-0.3, -0.25) is 9.78 Å². The summed E-state index contributed by atoms with van der Waals surface area (Å²) in [6, 6.07) is 2.82. The smallest absolute Gasteiger partial charge is 0.335 e. The van der Waals surface area contributed by atoms with Crippen LogP contribution >= 0.6 is 0 Å². The van der Waals surface area contributed by atoms with E-state index < -0.39 is 18.1 Å². The Morgan fingerprint density at radius 2 is 2.15 bits per heavy atom. The fourth-order valence-electron chi connectivity index (χ4n) is 2.38. The van der Waals surface area contributed by atoms with Crippen molar-refractivity contribution < 1.29 is 19.4 Å². The molecule has 1 aliphatic rings. The highest BCUT2D eigenvalue weighted by molar-refractivity contribution is 5.83. The summed E-state index contributed by atoms with van der Waals surface area (Å²) in [5.41, 5.74) is 0.723. The first-order valence-electron chi connectivity index (χ1n) is 6.54. The average molecular weight is 278 g/mol. The molecule has 1 aliphatic heterocycles. The molecule has 1 aromatic heterocycles. The molecule has 0 saturated carbocycles. The van der Waals surface area contributed by atoms with E-state index in [0.29, 0.717) is 6.54 Å². The van der Waals surface area contributed by atoms with Crippen molar-refractivity contribution in [1.82, 2.24) is 9.88 Å². The highest BCUT2D eigenvalue weighted by atomic mass is 16.5. The Labute approximate surface area is 117 Å². The van der Waals surface area contributed by atoms with Crippen LogP contribution in [0.15, 0.2) is 24.5 Å². The third kappa shape index (κ3) is 2.96. The Hall–Kier alpha value is -1.95. The molecule has 1 saturated heterocycles. The monoisotopic (exact) mass is 278 g/mol. The predicted octanol–water partition coefficient (Wildman–Crippen LogP) is 1.09. The van der Waals surface area contributed by atoms with E-state index in [2.05, 4.69) is 4.98 Å². The number of hydrogen-bond acceptors (Lipinski definition) is 4. The van der Waals surface area contributed by atoms with Gasteiger partial charge in [-0.25, -0.2) is 4.79 Å². The van der Waals surface area contributed by atoms with E-state index in [1.807, 2.05) is 13.8 Å². The summed E-state index contributed by atoms with van der Waals surface area (Å²) in [4.78, 5) is 29.0. The fourth-order valence-corrected chi connectivity index (χ4v) is 2.38. The van der Waals surface area contributed by atoms with Gasteiger partial charge in [0, 0.05) is 18.9 Å². The molecule has 20 heavy (non-hydrogen) atoms. The van der Waals surface area contributed by atoms with Crippen molar-refractivity contribution in [1.29, 1.82) is 0 Å². The van der Waals surface area contributed by atoms with Gasteiger partial charge in [0.2, 0.25) is 5.91 Å². The zero-order chi connectivity index (χ0) is 14.7. The normalized spacial score (nSPS) is 23.1. The van der Waals surface area contributed by atoms with Crippen LogP contribution < -0.4 is 0 Å². The third-order valence-corrected chi connectivity index (χ3v) is 3.18. The molecule has 1 N–H and O–H groups in total. The van der Waals surface area contributed by atoms with Gasteiger partial charge in [0.25, 0.3) is 0 Å². The number of aliphatic carboxylic acids is 1. The van der Waals surface area contributed by atoms with Crippen LogP contribution in [0, 0.1) is 5.92 Å². The second kappa shape index (κ2) is 6.00. The summed E-state index contributed by atoms with van der Waals surface area (Å²) in [5.74, 6) is -0.998. The van der Waals surface area contributed by atoms with Gasteiger partial charge in [-0.2, -0.15) is 0 Å². The van der Waals surface area contributed by atoms with Crippen LogP contribution in [0.3, 0.4) is 0 Å². The number of pyridine rings is 1. The summed E-state index contributed by atoms with van der Waals surface area (Å²) in [7, 11) is 0. The first kappa shape index (κ1) is 14.5. The lowest BCUT2D eigenvalue weighted by Gasteiger charge is -2.40. The van der Waals surface area contributed by atoms with Crippen molar-refractivity contribution in [2.24, 2.45) is 5.92 Å². The third-order valence-electron chi connectivity index (χ3n) is 3.18. The van der Waals surface area contributed by atoms with E-state index in [4.69, 9.17) is 4.74 Å². The maximum Gasteiger partial charge on any atom is 0.335 e. The highest BCUT2D eigenvalue weighted by Crippen LogP contribution is 2.30. The van der Waals surface area contributed by atoms with E-state index in [0.717, 1.165) is 5.56 Å². The van der Waals surface area contributed by atoms with Crippen molar-refractivity contribution in [2.75, 3.05) is 13.2 Å². The number of rotatable bonds is 4. The van der Waals surface area contributed by atoms with Gasteiger partial charge in [-0.15, -0.1) is 0 Å². The molecule has 1 aromatic rings. The molecule has 2 atom stereocenters. The van der Waals surface area contributed by atoms with Gasteiger partial charge in [0.15, 0.2) is 6.10 Å². The van der Waals surface area contributed by atoms with Gasteiger partial charge < -0.3 is 14.7 Å². The Balaban J connectivity index is 2.39. The fraction of sp³-hybridized carbons (Fsp3) is 0.500. The van der Waals surface area contributed by atoms with Crippen LogP contribution in [0.4, 0.5) is 0 Å². The summed E-state index contributed by atoms with van der Waals surface area (Å²) >= 11 is 0. The number of hydrogen-bond donors (Lipinski definition) is 1. The highest BCUT2D eigenvalue weighted by Gasteiger charge is 2.41. The molecule has 0 aliphatic carbocycles. The quantitative estimate of drug-likeness (QED) is 0.891. The number of carboxylic acids is 1. The number of nitrogens with zero attached hydrogens (tertiary/aromatic N) is 2. The minimum absolute atomic E-state index is 0.182.